The number of hydrogen-bond acceptors (Lipinski definition) is 3. The van der Waals surface area contributed by atoms with E-state index in [1.807, 2.05) is 32.0 Å². The molecular weight excluding hydrogens is 276 g/mol. The number of hydrogen-bond donors (Lipinski definition) is 1. The first-order valence-electron chi connectivity index (χ1n) is 6.16. The van der Waals surface area contributed by atoms with Crippen LogP contribution >= 0.6 is 0 Å². The first-order chi connectivity index (χ1) is 9.38. The number of furan rings is 1. The van der Waals surface area contributed by atoms with Crippen molar-refractivity contribution in [3.8, 4) is 0 Å². The Morgan fingerprint density at radius 2 is 1.90 bits per heavy atom. The molecular formula is C15H16O4S. The zero-order chi connectivity index (χ0) is 14.9. The van der Waals surface area contributed by atoms with Gasteiger partial charge in [0, 0.05) is 10.5 Å². The number of rotatable bonds is 4. The minimum Gasteiger partial charge on any atom is -0.475 e. The van der Waals surface area contributed by atoms with Crippen molar-refractivity contribution in [3.63, 3.8) is 0 Å². The van der Waals surface area contributed by atoms with E-state index in [-0.39, 0.29) is 11.5 Å². The fourth-order valence-electron chi connectivity index (χ4n) is 1.99. The van der Waals surface area contributed by atoms with Gasteiger partial charge in [-0.2, -0.15) is 0 Å². The van der Waals surface area contributed by atoms with Crippen LogP contribution in [0.3, 0.4) is 0 Å². The van der Waals surface area contributed by atoms with Crippen LogP contribution in [-0.4, -0.2) is 15.3 Å². The molecule has 2 rings (SSSR count). The van der Waals surface area contributed by atoms with Crippen molar-refractivity contribution in [2.45, 2.75) is 31.4 Å². The molecule has 1 N–H and O–H groups in total. The average Bonchev–Trinajstić information content (AvgIpc) is 2.73. The van der Waals surface area contributed by atoms with Gasteiger partial charge in [0.25, 0.3) is 0 Å². The molecule has 1 aromatic heterocycles. The first-order valence-corrected chi connectivity index (χ1v) is 7.48. The maximum atomic E-state index is 12.4. The van der Waals surface area contributed by atoms with Gasteiger partial charge in [0.1, 0.15) is 5.76 Å². The van der Waals surface area contributed by atoms with E-state index in [4.69, 9.17) is 9.52 Å². The maximum absolute atomic E-state index is 12.4. The van der Waals surface area contributed by atoms with Gasteiger partial charge in [-0.25, -0.2) is 4.79 Å². The Hall–Kier alpha value is -1.88. The molecule has 20 heavy (non-hydrogen) atoms. The number of aryl methyl sites for hydroxylation is 3. The fraction of sp³-hybridized carbons (Fsp3) is 0.267. The Kier molecular flexibility index (Phi) is 4.09. The molecule has 0 amide bonds. The highest BCUT2D eigenvalue weighted by Gasteiger charge is 2.17. The minimum atomic E-state index is -1.25. The van der Waals surface area contributed by atoms with Crippen molar-refractivity contribution in [3.05, 3.63) is 52.5 Å². The molecule has 0 saturated heterocycles. The third kappa shape index (κ3) is 2.99. The van der Waals surface area contributed by atoms with Gasteiger partial charge in [-0.1, -0.05) is 12.1 Å². The second-order valence-corrected chi connectivity index (χ2v) is 6.21. The molecule has 0 bridgehead atoms. The quantitative estimate of drug-likeness (QED) is 0.939. The summed E-state index contributed by atoms with van der Waals surface area (Å²) in [5.41, 5.74) is 2.54. The summed E-state index contributed by atoms with van der Waals surface area (Å²) in [4.78, 5) is 11.7. The molecule has 0 saturated carbocycles. The summed E-state index contributed by atoms with van der Waals surface area (Å²) in [7, 11) is -1.25. The van der Waals surface area contributed by atoms with Crippen molar-refractivity contribution >= 4 is 16.8 Å². The molecule has 0 radical (unpaired) electrons. The van der Waals surface area contributed by atoms with Gasteiger partial charge >= 0.3 is 5.97 Å². The van der Waals surface area contributed by atoms with E-state index in [1.165, 1.54) is 0 Å². The van der Waals surface area contributed by atoms with Gasteiger partial charge in [0.15, 0.2) is 0 Å². The molecule has 0 aliphatic heterocycles. The largest absolute Gasteiger partial charge is 0.475 e. The number of carboxylic acid groups (broad SMARTS) is 1. The van der Waals surface area contributed by atoms with E-state index < -0.39 is 16.8 Å². The number of carboxylic acids is 1. The summed E-state index contributed by atoms with van der Waals surface area (Å²) in [5.74, 6) is -0.582. The lowest BCUT2D eigenvalue weighted by molar-refractivity contribution is 0.0659. The molecule has 1 atom stereocenters. The van der Waals surface area contributed by atoms with Crippen molar-refractivity contribution in [1.29, 1.82) is 0 Å². The molecule has 5 heteroatoms. The summed E-state index contributed by atoms with van der Waals surface area (Å²) in [6.45, 7) is 5.51. The van der Waals surface area contributed by atoms with Gasteiger partial charge in [-0.05, 0) is 44.0 Å². The average molecular weight is 292 g/mol. The topological polar surface area (TPSA) is 67.5 Å². The standard InChI is InChI=1S/C15H16O4S/c1-9-4-5-10(2)13(6-9)20(18)8-12-7-11(3)14(19-12)15(16)17/h4-7H,8H2,1-3H3,(H,16,17). The number of carbonyl (C=O) groups is 1. The van der Waals surface area contributed by atoms with Gasteiger partial charge < -0.3 is 9.52 Å². The van der Waals surface area contributed by atoms with Crippen LogP contribution in [0.15, 0.2) is 33.6 Å². The van der Waals surface area contributed by atoms with Crippen LogP contribution in [0.2, 0.25) is 0 Å². The van der Waals surface area contributed by atoms with Crippen LogP contribution < -0.4 is 0 Å². The lowest BCUT2D eigenvalue weighted by Gasteiger charge is -2.05. The second kappa shape index (κ2) is 5.63. The monoisotopic (exact) mass is 292 g/mol. The maximum Gasteiger partial charge on any atom is 0.372 e. The Morgan fingerprint density at radius 1 is 1.20 bits per heavy atom. The SMILES string of the molecule is Cc1ccc(C)c(S(=O)Cc2cc(C)c(C(=O)O)o2)c1. The van der Waals surface area contributed by atoms with Crippen LogP contribution in [0.4, 0.5) is 0 Å². The van der Waals surface area contributed by atoms with E-state index in [2.05, 4.69) is 0 Å². The molecule has 1 aromatic carbocycles. The smallest absolute Gasteiger partial charge is 0.372 e. The molecule has 1 heterocycles. The van der Waals surface area contributed by atoms with E-state index in [1.54, 1.807) is 13.0 Å². The number of benzene rings is 1. The predicted molar refractivity (Wildman–Crippen MR) is 76.4 cm³/mol. The molecule has 0 spiro atoms. The van der Waals surface area contributed by atoms with Crippen molar-refractivity contribution in [2.75, 3.05) is 0 Å². The van der Waals surface area contributed by atoms with Crippen LogP contribution in [0.1, 0.15) is 33.0 Å². The van der Waals surface area contributed by atoms with Gasteiger partial charge in [-0.15, -0.1) is 0 Å². The zero-order valence-electron chi connectivity index (χ0n) is 11.6. The highest BCUT2D eigenvalue weighted by molar-refractivity contribution is 7.84. The Morgan fingerprint density at radius 3 is 2.50 bits per heavy atom. The van der Waals surface area contributed by atoms with E-state index in [0.29, 0.717) is 11.3 Å². The van der Waals surface area contributed by atoms with Crippen molar-refractivity contribution in [2.24, 2.45) is 0 Å². The molecule has 1 unspecified atom stereocenters. The van der Waals surface area contributed by atoms with Gasteiger partial charge in [0.2, 0.25) is 5.76 Å². The summed E-state index contributed by atoms with van der Waals surface area (Å²) < 4.78 is 17.6. The number of aromatic carboxylic acids is 1. The summed E-state index contributed by atoms with van der Waals surface area (Å²) >= 11 is 0. The molecule has 4 nitrogen and oxygen atoms in total. The van der Waals surface area contributed by atoms with Crippen LogP contribution in [0, 0.1) is 20.8 Å². The first kappa shape index (κ1) is 14.5. The van der Waals surface area contributed by atoms with E-state index >= 15 is 0 Å². The Balaban J connectivity index is 2.26. The summed E-state index contributed by atoms with van der Waals surface area (Å²) in [5, 5.41) is 8.94. The summed E-state index contributed by atoms with van der Waals surface area (Å²) in [6, 6.07) is 7.42. The second-order valence-electron chi connectivity index (χ2n) is 4.79. The lowest BCUT2D eigenvalue weighted by atomic mass is 10.2. The predicted octanol–water partition coefficient (Wildman–Crippen LogP) is 3.21. The molecule has 2 aromatic rings. The van der Waals surface area contributed by atoms with Crippen molar-refractivity contribution < 1.29 is 18.5 Å². The Labute approximate surface area is 119 Å². The zero-order valence-corrected chi connectivity index (χ0v) is 12.4. The van der Waals surface area contributed by atoms with Crippen LogP contribution in [0.5, 0.6) is 0 Å². The van der Waals surface area contributed by atoms with E-state index in [0.717, 1.165) is 16.0 Å². The molecule has 106 valence electrons. The highest BCUT2D eigenvalue weighted by atomic mass is 32.2. The Bertz CT molecular complexity index is 685. The molecule has 0 aliphatic carbocycles. The molecule has 0 aliphatic rings. The van der Waals surface area contributed by atoms with E-state index in [9.17, 15) is 9.00 Å². The fourth-order valence-corrected chi connectivity index (χ4v) is 3.29. The third-order valence-electron chi connectivity index (χ3n) is 3.03. The molecule has 0 fully saturated rings. The van der Waals surface area contributed by atoms with Crippen LogP contribution in [0.25, 0.3) is 0 Å². The third-order valence-corrected chi connectivity index (χ3v) is 4.50. The lowest BCUT2D eigenvalue weighted by Crippen LogP contribution is -1.99. The highest BCUT2D eigenvalue weighted by Crippen LogP contribution is 2.21. The normalized spacial score (nSPS) is 12.3. The van der Waals surface area contributed by atoms with Gasteiger partial charge in [0.05, 0.1) is 16.6 Å². The van der Waals surface area contributed by atoms with Crippen molar-refractivity contribution in [1.82, 2.24) is 0 Å². The summed E-state index contributed by atoms with van der Waals surface area (Å²) in [6.07, 6.45) is 0. The minimum absolute atomic E-state index is 0.0852. The van der Waals surface area contributed by atoms with Crippen LogP contribution in [-0.2, 0) is 16.6 Å². The van der Waals surface area contributed by atoms with Gasteiger partial charge in [-0.3, -0.25) is 4.21 Å².